The standard InChI is InChI=1S/C12H15BrN4O/c1-18-9-3-4-11(13)10(7-9)12-8-17(16-15-12)6-2-5-14/h3-4,7-8H,2,5-6,14H2,1H3. The van der Waals surface area contributed by atoms with Crippen LogP contribution >= 0.6 is 15.9 Å². The lowest BCUT2D eigenvalue weighted by molar-refractivity contribution is 0.415. The van der Waals surface area contributed by atoms with Crippen LogP contribution < -0.4 is 10.5 Å². The van der Waals surface area contributed by atoms with Gasteiger partial charge in [-0.15, -0.1) is 5.10 Å². The van der Waals surface area contributed by atoms with Gasteiger partial charge in [0.05, 0.1) is 13.3 Å². The Labute approximate surface area is 114 Å². The highest BCUT2D eigenvalue weighted by molar-refractivity contribution is 9.10. The second-order valence-corrected chi connectivity index (χ2v) is 4.71. The quantitative estimate of drug-likeness (QED) is 0.918. The summed E-state index contributed by atoms with van der Waals surface area (Å²) in [5.74, 6) is 0.796. The van der Waals surface area contributed by atoms with E-state index >= 15 is 0 Å². The van der Waals surface area contributed by atoms with Crippen LogP contribution in [0.2, 0.25) is 0 Å². The zero-order chi connectivity index (χ0) is 13.0. The number of methoxy groups -OCH3 is 1. The van der Waals surface area contributed by atoms with E-state index in [4.69, 9.17) is 10.5 Å². The van der Waals surface area contributed by atoms with E-state index < -0.39 is 0 Å². The first kappa shape index (κ1) is 13.0. The number of nitrogens with zero attached hydrogens (tertiary/aromatic N) is 3. The minimum Gasteiger partial charge on any atom is -0.497 e. The molecule has 96 valence electrons. The molecular weight excluding hydrogens is 296 g/mol. The van der Waals surface area contributed by atoms with Crippen LogP contribution in [0.25, 0.3) is 11.3 Å². The van der Waals surface area contributed by atoms with E-state index in [0.29, 0.717) is 6.54 Å². The topological polar surface area (TPSA) is 66.0 Å². The minimum absolute atomic E-state index is 0.651. The fraction of sp³-hybridized carbons (Fsp3) is 0.333. The lowest BCUT2D eigenvalue weighted by atomic mass is 10.1. The number of hydrogen-bond acceptors (Lipinski definition) is 4. The van der Waals surface area contributed by atoms with Gasteiger partial charge in [-0.05, 0) is 31.2 Å². The highest BCUT2D eigenvalue weighted by atomic mass is 79.9. The fourth-order valence-electron chi connectivity index (χ4n) is 1.61. The Balaban J connectivity index is 2.27. The molecule has 0 bridgehead atoms. The molecule has 0 amide bonds. The van der Waals surface area contributed by atoms with Gasteiger partial charge in [0.15, 0.2) is 0 Å². The average Bonchev–Trinajstić information content (AvgIpc) is 2.85. The molecule has 2 aromatic rings. The van der Waals surface area contributed by atoms with E-state index in [1.807, 2.05) is 24.4 Å². The van der Waals surface area contributed by atoms with E-state index in [1.165, 1.54) is 0 Å². The number of aromatic nitrogens is 3. The van der Waals surface area contributed by atoms with Crippen molar-refractivity contribution in [3.63, 3.8) is 0 Å². The van der Waals surface area contributed by atoms with E-state index in [2.05, 4.69) is 26.2 Å². The molecule has 18 heavy (non-hydrogen) atoms. The summed E-state index contributed by atoms with van der Waals surface area (Å²) < 4.78 is 7.98. The number of nitrogens with two attached hydrogens (primary N) is 1. The van der Waals surface area contributed by atoms with Crippen LogP contribution in [0.15, 0.2) is 28.9 Å². The van der Waals surface area contributed by atoms with Gasteiger partial charge < -0.3 is 10.5 Å². The van der Waals surface area contributed by atoms with Crippen molar-refractivity contribution in [3.8, 4) is 17.0 Å². The molecule has 0 spiro atoms. The molecule has 0 aliphatic rings. The smallest absolute Gasteiger partial charge is 0.119 e. The van der Waals surface area contributed by atoms with Crippen molar-refractivity contribution in [2.24, 2.45) is 5.73 Å². The average molecular weight is 311 g/mol. The first-order valence-electron chi connectivity index (χ1n) is 5.68. The van der Waals surface area contributed by atoms with Gasteiger partial charge >= 0.3 is 0 Å². The first-order chi connectivity index (χ1) is 8.74. The van der Waals surface area contributed by atoms with Crippen molar-refractivity contribution in [1.82, 2.24) is 15.0 Å². The third-order valence-electron chi connectivity index (χ3n) is 2.58. The van der Waals surface area contributed by atoms with E-state index in [1.54, 1.807) is 11.8 Å². The van der Waals surface area contributed by atoms with Crippen molar-refractivity contribution >= 4 is 15.9 Å². The number of ether oxygens (including phenoxy) is 1. The van der Waals surface area contributed by atoms with Crippen LogP contribution in [0.3, 0.4) is 0 Å². The van der Waals surface area contributed by atoms with E-state index in [9.17, 15) is 0 Å². The van der Waals surface area contributed by atoms with Gasteiger partial charge in [-0.2, -0.15) is 0 Å². The maximum Gasteiger partial charge on any atom is 0.119 e. The largest absolute Gasteiger partial charge is 0.497 e. The van der Waals surface area contributed by atoms with Crippen LogP contribution in [0, 0.1) is 0 Å². The summed E-state index contributed by atoms with van der Waals surface area (Å²) in [7, 11) is 1.64. The Kier molecular flexibility index (Phi) is 4.33. The zero-order valence-electron chi connectivity index (χ0n) is 10.1. The molecule has 0 aliphatic carbocycles. The normalized spacial score (nSPS) is 10.6. The van der Waals surface area contributed by atoms with Gasteiger partial charge in [-0.3, -0.25) is 4.68 Å². The molecule has 1 aromatic carbocycles. The summed E-state index contributed by atoms with van der Waals surface area (Å²) in [6.45, 7) is 1.43. The summed E-state index contributed by atoms with van der Waals surface area (Å²) in [6.07, 6.45) is 2.80. The second kappa shape index (κ2) is 5.97. The number of rotatable bonds is 5. The molecule has 0 saturated carbocycles. The SMILES string of the molecule is COc1ccc(Br)c(-c2cn(CCCN)nn2)c1. The summed E-state index contributed by atoms with van der Waals surface area (Å²) in [5.41, 5.74) is 7.25. The maximum atomic E-state index is 5.47. The van der Waals surface area contributed by atoms with Gasteiger partial charge in [-0.25, -0.2) is 0 Å². The molecule has 2 N–H and O–H groups in total. The highest BCUT2D eigenvalue weighted by Gasteiger charge is 2.09. The molecule has 0 atom stereocenters. The van der Waals surface area contributed by atoms with Gasteiger partial charge in [-0.1, -0.05) is 21.1 Å². The molecule has 2 rings (SSSR count). The van der Waals surface area contributed by atoms with Crippen molar-refractivity contribution < 1.29 is 4.74 Å². The summed E-state index contributed by atoms with van der Waals surface area (Å²) in [5, 5.41) is 8.24. The highest BCUT2D eigenvalue weighted by Crippen LogP contribution is 2.30. The molecule has 0 unspecified atom stereocenters. The third kappa shape index (κ3) is 2.88. The molecule has 0 saturated heterocycles. The first-order valence-corrected chi connectivity index (χ1v) is 6.48. The van der Waals surface area contributed by atoms with Crippen molar-refractivity contribution in [1.29, 1.82) is 0 Å². The van der Waals surface area contributed by atoms with Gasteiger partial charge in [0, 0.05) is 16.6 Å². The minimum atomic E-state index is 0.651. The fourth-order valence-corrected chi connectivity index (χ4v) is 2.06. The Morgan fingerprint density at radius 2 is 2.28 bits per heavy atom. The van der Waals surface area contributed by atoms with Crippen molar-refractivity contribution in [2.45, 2.75) is 13.0 Å². The van der Waals surface area contributed by atoms with Crippen LogP contribution in [0.5, 0.6) is 5.75 Å². The zero-order valence-corrected chi connectivity index (χ0v) is 11.7. The van der Waals surface area contributed by atoms with Crippen LogP contribution in [0.1, 0.15) is 6.42 Å². The second-order valence-electron chi connectivity index (χ2n) is 3.85. The number of benzene rings is 1. The van der Waals surface area contributed by atoms with E-state index in [0.717, 1.165) is 34.4 Å². The molecular formula is C12H15BrN4O. The predicted molar refractivity (Wildman–Crippen MR) is 73.4 cm³/mol. The summed E-state index contributed by atoms with van der Waals surface area (Å²) in [4.78, 5) is 0. The van der Waals surface area contributed by atoms with Crippen molar-refractivity contribution in [3.05, 3.63) is 28.9 Å². The molecule has 0 aliphatic heterocycles. The Hall–Kier alpha value is -1.40. The monoisotopic (exact) mass is 310 g/mol. The Morgan fingerprint density at radius 3 is 3.00 bits per heavy atom. The lowest BCUT2D eigenvalue weighted by Gasteiger charge is -2.04. The van der Waals surface area contributed by atoms with Crippen LogP contribution in [-0.2, 0) is 6.54 Å². The Bertz CT molecular complexity index is 527. The molecule has 0 fully saturated rings. The molecule has 5 nitrogen and oxygen atoms in total. The van der Waals surface area contributed by atoms with Crippen LogP contribution in [-0.4, -0.2) is 28.6 Å². The molecule has 0 radical (unpaired) electrons. The number of halogens is 1. The number of aryl methyl sites for hydroxylation is 1. The van der Waals surface area contributed by atoms with Gasteiger partial charge in [0.2, 0.25) is 0 Å². The predicted octanol–water partition coefficient (Wildman–Crippen LogP) is 2.06. The Morgan fingerprint density at radius 1 is 1.44 bits per heavy atom. The van der Waals surface area contributed by atoms with E-state index in [-0.39, 0.29) is 0 Å². The summed E-state index contributed by atoms with van der Waals surface area (Å²) >= 11 is 3.51. The lowest BCUT2D eigenvalue weighted by Crippen LogP contribution is -2.06. The third-order valence-corrected chi connectivity index (χ3v) is 3.27. The van der Waals surface area contributed by atoms with Gasteiger partial charge in [0.1, 0.15) is 11.4 Å². The molecule has 1 aromatic heterocycles. The van der Waals surface area contributed by atoms with Crippen molar-refractivity contribution in [2.75, 3.05) is 13.7 Å². The molecule has 1 heterocycles. The number of hydrogen-bond donors (Lipinski definition) is 1. The molecule has 6 heteroatoms. The maximum absolute atomic E-state index is 5.47. The van der Waals surface area contributed by atoms with Crippen LogP contribution in [0.4, 0.5) is 0 Å². The summed E-state index contributed by atoms with van der Waals surface area (Å²) in [6, 6.07) is 5.76. The van der Waals surface area contributed by atoms with Gasteiger partial charge in [0.25, 0.3) is 0 Å².